The average molecular weight is 291 g/mol. The Balaban J connectivity index is 2.08. The highest BCUT2D eigenvalue weighted by atomic mass is 19.1. The van der Waals surface area contributed by atoms with E-state index in [0.717, 1.165) is 23.8 Å². The van der Waals surface area contributed by atoms with Gasteiger partial charge in [-0.1, -0.05) is 12.1 Å². The molecular weight excluding hydrogens is 277 g/mol. The third kappa shape index (κ3) is 4.00. The van der Waals surface area contributed by atoms with Crippen LogP contribution in [-0.2, 0) is 13.0 Å². The van der Waals surface area contributed by atoms with Crippen LogP contribution in [0.3, 0.4) is 0 Å². The van der Waals surface area contributed by atoms with Crippen molar-refractivity contribution in [2.45, 2.75) is 13.0 Å². The Morgan fingerprint density at radius 1 is 1.19 bits per heavy atom. The van der Waals surface area contributed by atoms with Crippen LogP contribution in [-0.4, -0.2) is 16.6 Å². The van der Waals surface area contributed by atoms with Crippen LogP contribution in [0, 0.1) is 15.9 Å². The van der Waals surface area contributed by atoms with Crippen LogP contribution in [0.4, 0.5) is 10.1 Å². The van der Waals surface area contributed by atoms with E-state index in [0.29, 0.717) is 12.2 Å². The van der Waals surface area contributed by atoms with Crippen LogP contribution in [0.25, 0.3) is 0 Å². The van der Waals surface area contributed by atoms with E-state index in [1.165, 1.54) is 0 Å². The normalized spacial score (nSPS) is 10.4. The van der Waals surface area contributed by atoms with E-state index < -0.39 is 10.7 Å². The molecule has 0 aliphatic heterocycles. The Labute approximate surface area is 120 Å². The molecule has 0 amide bonds. The number of nitro groups is 1. The summed E-state index contributed by atoms with van der Waals surface area (Å²) < 4.78 is 18.6. The summed E-state index contributed by atoms with van der Waals surface area (Å²) >= 11 is 0. The molecule has 21 heavy (non-hydrogen) atoms. The van der Waals surface area contributed by atoms with Crippen molar-refractivity contribution < 1.29 is 19.2 Å². The Bertz CT molecular complexity index is 628. The lowest BCUT2D eigenvalue weighted by atomic mass is 10.1. The Morgan fingerprint density at radius 3 is 2.52 bits per heavy atom. The minimum atomic E-state index is -0.567. The van der Waals surface area contributed by atoms with Gasteiger partial charge in [-0.3, -0.25) is 10.1 Å². The van der Waals surface area contributed by atoms with Gasteiger partial charge in [-0.05, 0) is 36.2 Å². The van der Waals surface area contributed by atoms with Crippen LogP contribution in [0.5, 0.6) is 5.75 Å². The van der Waals surface area contributed by atoms with Crippen molar-refractivity contribution in [3.63, 3.8) is 0 Å². The highest BCUT2D eigenvalue weighted by Crippen LogP contribution is 2.22. The fraction of sp³-hybridized carbons (Fsp3) is 0.200. The highest BCUT2D eigenvalue weighted by Gasteiger charge is 2.14. The summed E-state index contributed by atoms with van der Waals surface area (Å²) in [6.45, 7) is -0.0247. The summed E-state index contributed by atoms with van der Waals surface area (Å²) in [6.07, 6.45) is 0.551. The molecule has 110 valence electrons. The van der Waals surface area contributed by atoms with Crippen molar-refractivity contribution in [1.82, 2.24) is 0 Å². The molecule has 0 fully saturated rings. The summed E-state index contributed by atoms with van der Waals surface area (Å²) in [5.41, 5.74) is 0.967. The summed E-state index contributed by atoms with van der Waals surface area (Å²) in [6, 6.07) is 10.3. The second-order valence-electron chi connectivity index (χ2n) is 4.44. The van der Waals surface area contributed by atoms with Gasteiger partial charge in [0, 0.05) is 12.7 Å². The van der Waals surface area contributed by atoms with Gasteiger partial charge in [0.15, 0.2) is 0 Å². The summed E-state index contributed by atoms with van der Waals surface area (Å²) in [5, 5.41) is 19.7. The molecule has 5 nitrogen and oxygen atoms in total. The molecule has 0 saturated heterocycles. The van der Waals surface area contributed by atoms with Crippen LogP contribution in [0.2, 0.25) is 0 Å². The summed E-state index contributed by atoms with van der Waals surface area (Å²) in [5.74, 6) is -0.0206. The van der Waals surface area contributed by atoms with Crippen molar-refractivity contribution in [1.29, 1.82) is 0 Å². The highest BCUT2D eigenvalue weighted by molar-refractivity contribution is 5.40. The molecular formula is C15H14FNO4. The number of aliphatic hydroxyl groups is 1. The number of hydrogen-bond donors (Lipinski definition) is 1. The van der Waals surface area contributed by atoms with Crippen molar-refractivity contribution in [2.24, 2.45) is 0 Å². The maximum absolute atomic E-state index is 13.2. The van der Waals surface area contributed by atoms with Gasteiger partial charge in [-0.15, -0.1) is 0 Å². The molecule has 0 saturated carbocycles. The third-order valence-electron chi connectivity index (χ3n) is 2.96. The van der Waals surface area contributed by atoms with Crippen molar-refractivity contribution in [3.05, 3.63) is 69.5 Å². The molecule has 0 bridgehead atoms. The van der Waals surface area contributed by atoms with E-state index in [4.69, 9.17) is 9.84 Å². The maximum Gasteiger partial charge on any atom is 0.276 e. The van der Waals surface area contributed by atoms with Crippen LogP contribution < -0.4 is 4.74 Å². The number of hydrogen-bond acceptors (Lipinski definition) is 4. The smallest absolute Gasteiger partial charge is 0.276 e. The second-order valence-corrected chi connectivity index (χ2v) is 4.44. The number of halogens is 1. The number of nitrogens with zero attached hydrogens (tertiary/aromatic N) is 1. The number of ether oxygens (including phenoxy) is 1. The predicted molar refractivity (Wildman–Crippen MR) is 74.6 cm³/mol. The largest absolute Gasteiger partial charge is 0.489 e. The van der Waals surface area contributed by atoms with E-state index in [1.807, 2.05) is 0 Å². The molecule has 1 N–H and O–H groups in total. The molecule has 0 atom stereocenters. The van der Waals surface area contributed by atoms with Gasteiger partial charge in [0.2, 0.25) is 0 Å². The lowest BCUT2D eigenvalue weighted by Crippen LogP contribution is -2.01. The number of benzene rings is 2. The molecule has 0 unspecified atom stereocenters. The minimum absolute atomic E-state index is 0.0652. The van der Waals surface area contributed by atoms with Gasteiger partial charge in [0.1, 0.15) is 18.2 Å². The monoisotopic (exact) mass is 291 g/mol. The Hall–Kier alpha value is -2.47. The first kappa shape index (κ1) is 14.9. The zero-order valence-electron chi connectivity index (χ0n) is 11.2. The predicted octanol–water partition coefficient (Wildman–Crippen LogP) is 2.85. The van der Waals surface area contributed by atoms with E-state index in [-0.39, 0.29) is 24.5 Å². The quantitative estimate of drug-likeness (QED) is 0.656. The van der Waals surface area contributed by atoms with Crippen LogP contribution in [0.15, 0.2) is 42.5 Å². The lowest BCUT2D eigenvalue weighted by Gasteiger charge is -2.08. The van der Waals surface area contributed by atoms with Gasteiger partial charge in [-0.25, -0.2) is 4.39 Å². The van der Waals surface area contributed by atoms with E-state index in [2.05, 4.69) is 0 Å². The van der Waals surface area contributed by atoms with E-state index >= 15 is 0 Å². The molecule has 2 aromatic carbocycles. The lowest BCUT2D eigenvalue weighted by molar-refractivity contribution is -0.385. The molecule has 0 heterocycles. The van der Waals surface area contributed by atoms with Crippen molar-refractivity contribution in [3.8, 4) is 5.75 Å². The van der Waals surface area contributed by atoms with Crippen molar-refractivity contribution in [2.75, 3.05) is 6.61 Å². The fourth-order valence-corrected chi connectivity index (χ4v) is 1.89. The number of rotatable bonds is 6. The van der Waals surface area contributed by atoms with Gasteiger partial charge in [0.05, 0.1) is 10.5 Å². The summed E-state index contributed by atoms with van der Waals surface area (Å²) in [7, 11) is 0. The van der Waals surface area contributed by atoms with Gasteiger partial charge in [0.25, 0.3) is 5.69 Å². The molecule has 2 aromatic rings. The fourth-order valence-electron chi connectivity index (χ4n) is 1.89. The zero-order valence-corrected chi connectivity index (χ0v) is 11.2. The standard InChI is InChI=1S/C15H14FNO4/c16-13-3-6-15(17(19)20)12(9-13)10-21-14-4-1-11(2-5-14)7-8-18/h1-6,9,18H,7-8,10H2. The van der Waals surface area contributed by atoms with Crippen molar-refractivity contribution >= 4 is 5.69 Å². The average Bonchev–Trinajstić information content (AvgIpc) is 2.46. The minimum Gasteiger partial charge on any atom is -0.489 e. The first-order valence-corrected chi connectivity index (χ1v) is 6.35. The van der Waals surface area contributed by atoms with E-state index in [9.17, 15) is 14.5 Å². The topological polar surface area (TPSA) is 72.6 Å². The molecule has 0 spiro atoms. The van der Waals surface area contributed by atoms with Gasteiger partial charge < -0.3 is 9.84 Å². The number of nitro benzene ring substituents is 1. The second kappa shape index (κ2) is 6.81. The Kier molecular flexibility index (Phi) is 4.84. The first-order chi connectivity index (χ1) is 10.1. The third-order valence-corrected chi connectivity index (χ3v) is 2.96. The van der Waals surface area contributed by atoms with E-state index in [1.54, 1.807) is 24.3 Å². The Morgan fingerprint density at radius 2 is 1.90 bits per heavy atom. The maximum atomic E-state index is 13.2. The molecule has 0 aliphatic rings. The summed E-state index contributed by atoms with van der Waals surface area (Å²) in [4.78, 5) is 10.3. The molecule has 0 aromatic heterocycles. The van der Waals surface area contributed by atoms with Crippen LogP contribution in [0.1, 0.15) is 11.1 Å². The molecule has 0 radical (unpaired) electrons. The molecule has 2 rings (SSSR count). The molecule has 0 aliphatic carbocycles. The zero-order chi connectivity index (χ0) is 15.2. The van der Waals surface area contributed by atoms with Crippen LogP contribution >= 0.6 is 0 Å². The van der Waals surface area contributed by atoms with Gasteiger partial charge >= 0.3 is 0 Å². The number of aliphatic hydroxyl groups excluding tert-OH is 1. The van der Waals surface area contributed by atoms with Gasteiger partial charge in [-0.2, -0.15) is 0 Å². The first-order valence-electron chi connectivity index (χ1n) is 6.35. The SMILES string of the molecule is O=[N+]([O-])c1ccc(F)cc1COc1ccc(CCO)cc1. The molecule has 6 heteroatoms.